The highest BCUT2D eigenvalue weighted by molar-refractivity contribution is 6.32. The Balaban J connectivity index is 2.35. The fourth-order valence-corrected chi connectivity index (χ4v) is 2.48. The van der Waals surface area contributed by atoms with Gasteiger partial charge in [0, 0.05) is 5.56 Å². The van der Waals surface area contributed by atoms with Gasteiger partial charge in [-0.15, -0.1) is 0 Å². The highest BCUT2D eigenvalue weighted by Crippen LogP contribution is 2.36. The lowest BCUT2D eigenvalue weighted by atomic mass is 10.1. The van der Waals surface area contributed by atoms with Crippen LogP contribution in [0, 0.1) is 0 Å². The van der Waals surface area contributed by atoms with E-state index in [0.717, 1.165) is 0 Å². The Kier molecular flexibility index (Phi) is 6.63. The lowest BCUT2D eigenvalue weighted by molar-refractivity contribution is -0.132. The summed E-state index contributed by atoms with van der Waals surface area (Å²) in [4.78, 5) is 23.7. The van der Waals surface area contributed by atoms with Crippen LogP contribution >= 0.6 is 11.6 Å². The molecule has 0 spiro atoms. The van der Waals surface area contributed by atoms with Gasteiger partial charge in [0.25, 0.3) is 5.91 Å². The second-order valence-electron chi connectivity index (χ2n) is 5.15. The summed E-state index contributed by atoms with van der Waals surface area (Å²) in [7, 11) is 1.46. The van der Waals surface area contributed by atoms with Gasteiger partial charge in [-0.05, 0) is 42.8 Å². The van der Waals surface area contributed by atoms with Crippen molar-refractivity contribution >= 4 is 29.6 Å². The molecular weight excluding hydrogens is 358 g/mol. The van der Waals surface area contributed by atoms with Crippen molar-refractivity contribution in [3.8, 4) is 11.5 Å². The van der Waals surface area contributed by atoms with Crippen molar-refractivity contribution in [2.75, 3.05) is 13.7 Å². The van der Waals surface area contributed by atoms with Crippen LogP contribution in [0.25, 0.3) is 6.08 Å². The first-order chi connectivity index (χ1) is 12.5. The Bertz CT molecular complexity index is 833. The maximum atomic E-state index is 12.2. The molecule has 0 fully saturated rings. The van der Waals surface area contributed by atoms with E-state index in [9.17, 15) is 14.7 Å². The molecule has 136 valence electrons. The molecule has 0 saturated carbocycles. The minimum absolute atomic E-state index is 0.275. The van der Waals surface area contributed by atoms with Crippen LogP contribution < -0.4 is 14.8 Å². The van der Waals surface area contributed by atoms with Gasteiger partial charge in [0.15, 0.2) is 11.5 Å². The molecule has 0 aromatic heterocycles. The van der Waals surface area contributed by atoms with Crippen molar-refractivity contribution in [1.82, 2.24) is 5.32 Å². The van der Waals surface area contributed by atoms with E-state index < -0.39 is 11.9 Å². The van der Waals surface area contributed by atoms with E-state index in [1.165, 1.54) is 19.3 Å². The summed E-state index contributed by atoms with van der Waals surface area (Å²) in [5, 5.41) is 12.1. The van der Waals surface area contributed by atoms with Gasteiger partial charge >= 0.3 is 5.97 Å². The third-order valence-electron chi connectivity index (χ3n) is 3.37. The van der Waals surface area contributed by atoms with Crippen LogP contribution in [0.4, 0.5) is 0 Å². The number of hydrogen-bond acceptors (Lipinski definition) is 4. The molecule has 6 nitrogen and oxygen atoms in total. The molecule has 1 amide bonds. The predicted octanol–water partition coefficient (Wildman–Crippen LogP) is 3.60. The molecule has 0 radical (unpaired) electrons. The van der Waals surface area contributed by atoms with E-state index in [0.29, 0.717) is 29.2 Å². The molecule has 2 rings (SSSR count). The summed E-state index contributed by atoms with van der Waals surface area (Å²) in [5.41, 5.74) is 0.504. The van der Waals surface area contributed by atoms with E-state index in [4.69, 9.17) is 21.1 Å². The largest absolute Gasteiger partial charge is 0.493 e. The number of carbonyl (C=O) groups excluding carboxylic acids is 1. The zero-order valence-corrected chi connectivity index (χ0v) is 15.0. The molecule has 0 aliphatic carbocycles. The van der Waals surface area contributed by atoms with Crippen LogP contribution in [0.15, 0.2) is 48.2 Å². The number of rotatable bonds is 7. The van der Waals surface area contributed by atoms with Crippen LogP contribution in [0.5, 0.6) is 11.5 Å². The van der Waals surface area contributed by atoms with Crippen LogP contribution in [-0.4, -0.2) is 30.7 Å². The normalized spacial score (nSPS) is 11.0. The van der Waals surface area contributed by atoms with Gasteiger partial charge in [-0.2, -0.15) is 0 Å². The Labute approximate surface area is 156 Å². The van der Waals surface area contributed by atoms with Gasteiger partial charge in [-0.25, -0.2) is 4.79 Å². The van der Waals surface area contributed by atoms with Gasteiger partial charge < -0.3 is 19.9 Å². The first kappa shape index (κ1) is 19.3. The van der Waals surface area contributed by atoms with Crippen molar-refractivity contribution < 1.29 is 24.2 Å². The molecular formula is C19H18ClNO5. The first-order valence-corrected chi connectivity index (χ1v) is 8.15. The number of ether oxygens (including phenoxy) is 2. The van der Waals surface area contributed by atoms with Gasteiger partial charge in [0.1, 0.15) is 5.70 Å². The number of benzene rings is 2. The lowest BCUT2D eigenvalue weighted by Gasteiger charge is -2.12. The average Bonchev–Trinajstić information content (AvgIpc) is 2.63. The maximum absolute atomic E-state index is 12.2. The Morgan fingerprint density at radius 2 is 1.92 bits per heavy atom. The molecule has 0 bridgehead atoms. The number of hydrogen-bond donors (Lipinski definition) is 2. The zero-order valence-electron chi connectivity index (χ0n) is 14.3. The smallest absolute Gasteiger partial charge is 0.352 e. The third-order valence-corrected chi connectivity index (χ3v) is 3.65. The third kappa shape index (κ3) is 4.77. The van der Waals surface area contributed by atoms with Crippen LogP contribution in [0.3, 0.4) is 0 Å². The van der Waals surface area contributed by atoms with Crippen LogP contribution in [0.2, 0.25) is 5.02 Å². The van der Waals surface area contributed by atoms with Gasteiger partial charge in [0.05, 0.1) is 18.7 Å². The van der Waals surface area contributed by atoms with E-state index in [-0.39, 0.29) is 10.7 Å². The Morgan fingerprint density at radius 1 is 1.23 bits per heavy atom. The molecule has 2 aromatic carbocycles. The Hall–Kier alpha value is -2.99. The summed E-state index contributed by atoms with van der Waals surface area (Å²) in [5.74, 6) is -1.06. The monoisotopic (exact) mass is 375 g/mol. The molecule has 26 heavy (non-hydrogen) atoms. The minimum Gasteiger partial charge on any atom is -0.493 e. The molecule has 0 heterocycles. The zero-order chi connectivity index (χ0) is 19.1. The van der Waals surface area contributed by atoms with E-state index in [2.05, 4.69) is 5.32 Å². The molecule has 2 N–H and O–H groups in total. The number of nitrogens with one attached hydrogen (secondary N) is 1. The van der Waals surface area contributed by atoms with Gasteiger partial charge in [-0.1, -0.05) is 29.8 Å². The highest BCUT2D eigenvalue weighted by Gasteiger charge is 2.15. The molecule has 0 aliphatic heterocycles. The number of carbonyl (C=O) groups is 2. The van der Waals surface area contributed by atoms with Crippen LogP contribution in [0.1, 0.15) is 22.8 Å². The topological polar surface area (TPSA) is 84.9 Å². The van der Waals surface area contributed by atoms with Gasteiger partial charge in [0.2, 0.25) is 0 Å². The highest BCUT2D eigenvalue weighted by atomic mass is 35.5. The number of halogens is 1. The number of methoxy groups -OCH3 is 1. The van der Waals surface area contributed by atoms with Crippen molar-refractivity contribution in [2.24, 2.45) is 0 Å². The number of amides is 1. The minimum atomic E-state index is -1.28. The molecule has 7 heteroatoms. The summed E-state index contributed by atoms with van der Waals surface area (Å²) in [6.07, 6.45) is 1.30. The van der Waals surface area contributed by atoms with Crippen molar-refractivity contribution in [3.05, 3.63) is 64.3 Å². The average molecular weight is 376 g/mol. The molecule has 0 saturated heterocycles. The maximum Gasteiger partial charge on any atom is 0.352 e. The summed E-state index contributed by atoms with van der Waals surface area (Å²) >= 11 is 6.19. The van der Waals surface area contributed by atoms with Crippen molar-refractivity contribution in [3.63, 3.8) is 0 Å². The first-order valence-electron chi connectivity index (χ1n) is 7.78. The number of aliphatic carboxylic acids is 1. The fourth-order valence-electron chi connectivity index (χ4n) is 2.21. The molecule has 0 unspecified atom stereocenters. The lowest BCUT2D eigenvalue weighted by Crippen LogP contribution is -2.27. The number of carboxylic acid groups (broad SMARTS) is 1. The van der Waals surface area contributed by atoms with E-state index in [1.54, 1.807) is 36.4 Å². The van der Waals surface area contributed by atoms with Crippen molar-refractivity contribution in [2.45, 2.75) is 6.92 Å². The van der Waals surface area contributed by atoms with Gasteiger partial charge in [-0.3, -0.25) is 4.79 Å². The van der Waals surface area contributed by atoms with Crippen molar-refractivity contribution in [1.29, 1.82) is 0 Å². The predicted molar refractivity (Wildman–Crippen MR) is 98.7 cm³/mol. The number of carboxylic acids is 1. The fraction of sp³-hybridized carbons (Fsp3) is 0.158. The summed E-state index contributed by atoms with van der Waals surface area (Å²) in [6.45, 7) is 2.21. The summed E-state index contributed by atoms with van der Waals surface area (Å²) < 4.78 is 10.7. The van der Waals surface area contributed by atoms with E-state index in [1.807, 2.05) is 6.92 Å². The van der Waals surface area contributed by atoms with Crippen LogP contribution in [-0.2, 0) is 4.79 Å². The standard InChI is InChI=1S/C19H18ClNO5/c1-3-26-17-14(20)9-12(11-16(17)25-2)10-15(19(23)24)21-18(22)13-7-5-4-6-8-13/h4-11H,3H2,1-2H3,(H,21,22)(H,23,24). The SMILES string of the molecule is CCOc1c(Cl)cc(C=C(NC(=O)c2ccccc2)C(=O)O)cc1OC. The quantitative estimate of drug-likeness (QED) is 0.722. The molecule has 0 aliphatic rings. The molecule has 2 aromatic rings. The summed E-state index contributed by atoms with van der Waals surface area (Å²) in [6, 6.07) is 11.4. The second kappa shape index (κ2) is 8.92. The second-order valence-corrected chi connectivity index (χ2v) is 5.56. The van der Waals surface area contributed by atoms with E-state index >= 15 is 0 Å². The Morgan fingerprint density at radius 3 is 2.50 bits per heavy atom. The molecule has 0 atom stereocenters.